The summed E-state index contributed by atoms with van der Waals surface area (Å²) in [6.07, 6.45) is 87.9. The van der Waals surface area contributed by atoms with Crippen LogP contribution in [0.25, 0.3) is 0 Å². The third kappa shape index (κ3) is 60.7. The standard InChI is InChI=1S/C70H116O6/c1-4-7-10-13-16-19-22-24-26-27-28-29-30-31-32-33-34-35-36-37-38-39-40-41-42-43-45-46-48-51-54-57-60-63-69(72)75-66-67(65-74-68(71)62-59-56-53-50-21-18-15-12-9-6-3)76-70(73)64-61-58-55-52-49-47-44-25-23-20-17-14-11-8-5-2/h7,10,12,15-17,19-20,24-26,28-29,31-32,34-35,37-38,44,67H,4-6,8-9,11,13-14,18,21-23,27,30,33,36,39-43,45-66H2,1-3H3/b10-7-,15-12-,19-16-,20-17-,26-24-,29-28-,32-31-,35-34-,38-37-,44-25-. The molecule has 0 aliphatic carbocycles. The summed E-state index contributed by atoms with van der Waals surface area (Å²) >= 11 is 0. The average molecular weight is 1050 g/mol. The van der Waals surface area contributed by atoms with Crippen molar-refractivity contribution in [3.63, 3.8) is 0 Å². The van der Waals surface area contributed by atoms with E-state index in [0.29, 0.717) is 19.3 Å². The zero-order valence-electron chi connectivity index (χ0n) is 49.5. The van der Waals surface area contributed by atoms with E-state index < -0.39 is 6.10 Å². The van der Waals surface area contributed by atoms with Crippen molar-refractivity contribution in [1.29, 1.82) is 0 Å². The molecule has 6 nitrogen and oxygen atoms in total. The minimum Gasteiger partial charge on any atom is -0.462 e. The van der Waals surface area contributed by atoms with Crippen LogP contribution in [0.1, 0.15) is 284 Å². The van der Waals surface area contributed by atoms with E-state index in [1.54, 1.807) is 0 Å². The third-order valence-electron chi connectivity index (χ3n) is 13.2. The molecule has 0 radical (unpaired) electrons. The van der Waals surface area contributed by atoms with Crippen molar-refractivity contribution in [2.24, 2.45) is 0 Å². The van der Waals surface area contributed by atoms with Crippen LogP contribution in [0.3, 0.4) is 0 Å². The lowest BCUT2D eigenvalue weighted by Crippen LogP contribution is -2.30. The molecule has 432 valence electrons. The van der Waals surface area contributed by atoms with Gasteiger partial charge in [0.25, 0.3) is 0 Å². The molecular formula is C70H116O6. The molecule has 1 atom stereocenters. The van der Waals surface area contributed by atoms with Gasteiger partial charge in [-0.15, -0.1) is 0 Å². The zero-order valence-corrected chi connectivity index (χ0v) is 49.5. The van der Waals surface area contributed by atoms with Gasteiger partial charge in [0.15, 0.2) is 6.10 Å². The number of ether oxygens (including phenoxy) is 3. The fourth-order valence-electron chi connectivity index (χ4n) is 8.46. The number of rotatable bonds is 56. The highest BCUT2D eigenvalue weighted by molar-refractivity contribution is 5.71. The van der Waals surface area contributed by atoms with E-state index in [-0.39, 0.29) is 31.1 Å². The van der Waals surface area contributed by atoms with Crippen LogP contribution in [-0.4, -0.2) is 37.2 Å². The first-order chi connectivity index (χ1) is 37.5. The smallest absolute Gasteiger partial charge is 0.306 e. The van der Waals surface area contributed by atoms with E-state index in [9.17, 15) is 14.4 Å². The molecule has 76 heavy (non-hydrogen) atoms. The summed E-state index contributed by atoms with van der Waals surface area (Å²) in [6.45, 7) is 6.42. The largest absolute Gasteiger partial charge is 0.462 e. The summed E-state index contributed by atoms with van der Waals surface area (Å²) in [5, 5.41) is 0. The predicted molar refractivity (Wildman–Crippen MR) is 330 cm³/mol. The topological polar surface area (TPSA) is 78.9 Å². The van der Waals surface area contributed by atoms with Crippen molar-refractivity contribution < 1.29 is 28.6 Å². The fourth-order valence-corrected chi connectivity index (χ4v) is 8.46. The Labute approximate surface area is 469 Å². The highest BCUT2D eigenvalue weighted by atomic mass is 16.6. The third-order valence-corrected chi connectivity index (χ3v) is 13.2. The summed E-state index contributed by atoms with van der Waals surface area (Å²) in [5.41, 5.74) is 0. The van der Waals surface area contributed by atoms with Crippen LogP contribution in [0.4, 0.5) is 0 Å². The highest BCUT2D eigenvalue weighted by Gasteiger charge is 2.19. The molecule has 1 unspecified atom stereocenters. The Balaban J connectivity index is 4.18. The van der Waals surface area contributed by atoms with Crippen molar-refractivity contribution in [2.45, 2.75) is 290 Å². The average Bonchev–Trinajstić information content (AvgIpc) is 3.42. The lowest BCUT2D eigenvalue weighted by atomic mass is 10.0. The molecule has 0 amide bonds. The second kappa shape index (κ2) is 63.3. The van der Waals surface area contributed by atoms with Crippen LogP contribution in [0.2, 0.25) is 0 Å². The van der Waals surface area contributed by atoms with Gasteiger partial charge in [0.2, 0.25) is 0 Å². The maximum atomic E-state index is 12.8. The quantitative estimate of drug-likeness (QED) is 0.0261. The van der Waals surface area contributed by atoms with Gasteiger partial charge >= 0.3 is 17.9 Å². The van der Waals surface area contributed by atoms with Crippen molar-refractivity contribution in [3.8, 4) is 0 Å². The minimum absolute atomic E-state index is 0.0888. The molecule has 0 aromatic heterocycles. The van der Waals surface area contributed by atoms with Gasteiger partial charge in [0.05, 0.1) is 0 Å². The molecule has 6 heteroatoms. The molecule has 0 bridgehead atoms. The molecule has 0 heterocycles. The van der Waals surface area contributed by atoms with E-state index in [1.807, 2.05) is 0 Å². The van der Waals surface area contributed by atoms with Gasteiger partial charge in [-0.25, -0.2) is 0 Å². The summed E-state index contributed by atoms with van der Waals surface area (Å²) in [7, 11) is 0. The Morgan fingerprint density at radius 3 is 0.868 bits per heavy atom. The molecule has 0 N–H and O–H groups in total. The molecule has 0 saturated heterocycles. The van der Waals surface area contributed by atoms with Crippen molar-refractivity contribution >= 4 is 17.9 Å². The Hall–Kier alpha value is -4.19. The van der Waals surface area contributed by atoms with E-state index in [1.165, 1.54) is 96.3 Å². The molecule has 0 aromatic rings. The minimum atomic E-state index is -0.791. The van der Waals surface area contributed by atoms with Crippen molar-refractivity contribution in [1.82, 2.24) is 0 Å². The van der Waals surface area contributed by atoms with Crippen molar-refractivity contribution in [3.05, 3.63) is 122 Å². The Morgan fingerprint density at radius 2 is 0.539 bits per heavy atom. The number of esters is 3. The number of unbranched alkanes of at least 4 members (excludes halogenated alkanes) is 25. The van der Waals surface area contributed by atoms with Gasteiger partial charge in [-0.3, -0.25) is 14.4 Å². The number of hydrogen-bond donors (Lipinski definition) is 0. The molecule has 0 saturated carbocycles. The van der Waals surface area contributed by atoms with Crippen LogP contribution in [0.15, 0.2) is 122 Å². The van der Waals surface area contributed by atoms with E-state index in [2.05, 4.69) is 142 Å². The van der Waals surface area contributed by atoms with Gasteiger partial charge in [0.1, 0.15) is 13.2 Å². The zero-order chi connectivity index (χ0) is 55.0. The predicted octanol–water partition coefficient (Wildman–Crippen LogP) is 21.6. The second-order valence-electron chi connectivity index (χ2n) is 20.6. The summed E-state index contributed by atoms with van der Waals surface area (Å²) in [6, 6.07) is 0. The van der Waals surface area contributed by atoms with Gasteiger partial charge in [0, 0.05) is 19.3 Å². The molecule has 0 aliphatic heterocycles. The Kier molecular flexibility index (Phi) is 59.9. The van der Waals surface area contributed by atoms with E-state index >= 15 is 0 Å². The lowest BCUT2D eigenvalue weighted by Gasteiger charge is -2.18. The molecule has 0 spiro atoms. The molecule has 0 aliphatic rings. The van der Waals surface area contributed by atoms with E-state index in [0.717, 1.165) is 148 Å². The number of hydrogen-bond acceptors (Lipinski definition) is 6. The Morgan fingerprint density at radius 1 is 0.276 bits per heavy atom. The normalized spacial score (nSPS) is 12.9. The molecular weight excluding hydrogens is 937 g/mol. The molecule has 0 fully saturated rings. The molecule has 0 aromatic carbocycles. The number of allylic oxidation sites excluding steroid dienone is 20. The van der Waals surface area contributed by atoms with Gasteiger partial charge in [-0.05, 0) is 128 Å². The SMILES string of the molecule is CC/C=C\C/C=C\C/C=C\C/C=C\C/C=C\C/C=C\C/C=C\CCCCCCCCCCCCCC(=O)OCC(COC(=O)CCCCCCC/C=C\CCC)OC(=O)CCCCCCC/C=C\C/C=C\CCCCC. The Bertz CT molecular complexity index is 1590. The first kappa shape index (κ1) is 71.8. The number of carbonyl (C=O) groups excluding carboxylic acids is 3. The van der Waals surface area contributed by atoms with E-state index in [4.69, 9.17) is 14.2 Å². The second-order valence-corrected chi connectivity index (χ2v) is 20.6. The summed E-state index contributed by atoms with van der Waals surface area (Å²) in [5.74, 6) is -0.915. The summed E-state index contributed by atoms with van der Waals surface area (Å²) in [4.78, 5) is 38.1. The van der Waals surface area contributed by atoms with Crippen LogP contribution in [-0.2, 0) is 28.6 Å². The first-order valence-corrected chi connectivity index (χ1v) is 31.5. The van der Waals surface area contributed by atoms with Crippen LogP contribution >= 0.6 is 0 Å². The van der Waals surface area contributed by atoms with Crippen molar-refractivity contribution in [2.75, 3.05) is 13.2 Å². The van der Waals surface area contributed by atoms with Gasteiger partial charge in [-0.2, -0.15) is 0 Å². The van der Waals surface area contributed by atoms with Crippen LogP contribution in [0, 0.1) is 0 Å². The highest BCUT2D eigenvalue weighted by Crippen LogP contribution is 2.15. The maximum absolute atomic E-state index is 12.8. The molecule has 0 rings (SSSR count). The first-order valence-electron chi connectivity index (χ1n) is 31.5. The van der Waals surface area contributed by atoms with Crippen LogP contribution < -0.4 is 0 Å². The summed E-state index contributed by atoms with van der Waals surface area (Å²) < 4.78 is 16.8. The van der Waals surface area contributed by atoms with Crippen LogP contribution in [0.5, 0.6) is 0 Å². The van der Waals surface area contributed by atoms with Gasteiger partial charge in [-0.1, -0.05) is 258 Å². The lowest BCUT2D eigenvalue weighted by molar-refractivity contribution is -0.167. The fraction of sp³-hybridized carbons (Fsp3) is 0.671. The maximum Gasteiger partial charge on any atom is 0.306 e. The number of carbonyl (C=O) groups is 3. The monoisotopic (exact) mass is 1050 g/mol. The van der Waals surface area contributed by atoms with Gasteiger partial charge < -0.3 is 14.2 Å².